The summed E-state index contributed by atoms with van der Waals surface area (Å²) in [7, 11) is 0. The molecule has 1 unspecified atom stereocenters. The Hall–Kier alpha value is -5.60. The van der Waals surface area contributed by atoms with E-state index in [1.807, 2.05) is 0 Å². The number of anilines is 2. The predicted molar refractivity (Wildman–Crippen MR) is 190 cm³/mol. The van der Waals surface area contributed by atoms with E-state index in [9.17, 15) is 0 Å². The Balaban J connectivity index is 1.13. The molecule has 8 aromatic rings. The smallest absolute Gasteiger partial charge is 0.0541 e. The number of para-hydroxylation sites is 3. The highest BCUT2D eigenvalue weighted by Gasteiger charge is 2.28. The third-order valence-electron chi connectivity index (χ3n) is 9.65. The maximum absolute atomic E-state index is 2.53. The van der Waals surface area contributed by atoms with Crippen molar-refractivity contribution in [3.8, 4) is 16.8 Å². The van der Waals surface area contributed by atoms with Crippen LogP contribution in [-0.2, 0) is 0 Å². The van der Waals surface area contributed by atoms with Crippen LogP contribution in [0.25, 0.3) is 49.4 Å². The van der Waals surface area contributed by atoms with Crippen LogP contribution >= 0.6 is 0 Å². The van der Waals surface area contributed by atoms with E-state index >= 15 is 0 Å². The second-order valence-corrected chi connectivity index (χ2v) is 12.1. The minimum absolute atomic E-state index is 0.414. The SMILES string of the molecule is c1ccc(C2CCN(c3ccc(-c4ccc(-n5c6ccccc6c6ccccc65)cc4)c4ccccc34)c3ccccc32)cc1. The number of rotatable bonds is 4. The van der Waals surface area contributed by atoms with Crippen LogP contribution in [0.5, 0.6) is 0 Å². The first-order valence-corrected chi connectivity index (χ1v) is 15.9. The summed E-state index contributed by atoms with van der Waals surface area (Å²) in [5.41, 5.74) is 11.5. The lowest BCUT2D eigenvalue weighted by molar-refractivity contribution is 0.681. The first kappa shape index (κ1) is 25.9. The Morgan fingerprint density at radius 2 is 1.04 bits per heavy atom. The molecule has 1 aliphatic rings. The second-order valence-electron chi connectivity index (χ2n) is 12.1. The summed E-state index contributed by atoms with van der Waals surface area (Å²) in [5.74, 6) is 0.414. The largest absolute Gasteiger partial charge is 0.341 e. The summed E-state index contributed by atoms with van der Waals surface area (Å²) in [6, 6.07) is 60.0. The first-order chi connectivity index (χ1) is 22.3. The monoisotopic (exact) mass is 576 g/mol. The highest BCUT2D eigenvalue weighted by Crippen LogP contribution is 2.45. The molecule has 214 valence electrons. The summed E-state index contributed by atoms with van der Waals surface area (Å²) < 4.78 is 2.38. The van der Waals surface area contributed by atoms with Gasteiger partial charge in [0, 0.05) is 45.7 Å². The van der Waals surface area contributed by atoms with Crippen LogP contribution in [0.1, 0.15) is 23.5 Å². The quantitative estimate of drug-likeness (QED) is 0.202. The van der Waals surface area contributed by atoms with Crippen molar-refractivity contribution in [2.45, 2.75) is 12.3 Å². The maximum Gasteiger partial charge on any atom is 0.0541 e. The van der Waals surface area contributed by atoms with E-state index in [1.165, 1.54) is 71.9 Å². The summed E-state index contributed by atoms with van der Waals surface area (Å²) in [5, 5.41) is 5.14. The fourth-order valence-electron chi connectivity index (χ4n) is 7.60. The Morgan fingerprint density at radius 1 is 0.444 bits per heavy atom. The van der Waals surface area contributed by atoms with Gasteiger partial charge in [0.05, 0.1) is 11.0 Å². The molecule has 2 nitrogen and oxygen atoms in total. The number of hydrogen-bond acceptors (Lipinski definition) is 1. The number of fused-ring (bicyclic) bond motifs is 5. The van der Waals surface area contributed by atoms with Crippen molar-refractivity contribution in [1.29, 1.82) is 0 Å². The summed E-state index contributed by atoms with van der Waals surface area (Å²) in [6.07, 6.45) is 1.08. The standard InChI is InChI=1S/C43H32N2/c1-2-12-30(13-3-1)34-28-29-44(40-19-9-6-15-36(34)40)41-27-26-33(35-14-4-5-16-37(35)41)31-22-24-32(25-23-31)45-42-20-10-7-17-38(42)39-18-8-11-21-43(39)45/h1-27,34H,28-29H2. The average molecular weight is 577 g/mol. The number of hydrogen-bond donors (Lipinski definition) is 0. The van der Waals surface area contributed by atoms with Crippen LogP contribution in [0.4, 0.5) is 11.4 Å². The number of nitrogens with zero attached hydrogens (tertiary/aromatic N) is 2. The Kier molecular flexibility index (Phi) is 6.05. The highest BCUT2D eigenvalue weighted by molar-refractivity contribution is 6.09. The van der Waals surface area contributed by atoms with Crippen LogP contribution < -0.4 is 4.90 Å². The van der Waals surface area contributed by atoms with Gasteiger partial charge in [0.1, 0.15) is 0 Å². The van der Waals surface area contributed by atoms with Crippen LogP contribution in [-0.4, -0.2) is 11.1 Å². The Labute approximate surface area is 263 Å². The van der Waals surface area contributed by atoms with Crippen LogP contribution in [0.3, 0.4) is 0 Å². The molecule has 0 spiro atoms. The molecule has 0 radical (unpaired) electrons. The molecule has 2 heterocycles. The minimum Gasteiger partial charge on any atom is -0.341 e. The van der Waals surface area contributed by atoms with Gasteiger partial charge in [-0.25, -0.2) is 0 Å². The van der Waals surface area contributed by atoms with Crippen molar-refractivity contribution in [2.75, 3.05) is 11.4 Å². The number of aromatic nitrogens is 1. The van der Waals surface area contributed by atoms with E-state index in [-0.39, 0.29) is 0 Å². The van der Waals surface area contributed by atoms with Crippen LogP contribution in [0.15, 0.2) is 164 Å². The van der Waals surface area contributed by atoms with Gasteiger partial charge in [-0.1, -0.05) is 127 Å². The van der Waals surface area contributed by atoms with Crippen LogP contribution in [0.2, 0.25) is 0 Å². The van der Waals surface area contributed by atoms with Gasteiger partial charge < -0.3 is 9.47 Å². The van der Waals surface area contributed by atoms with Crippen molar-refractivity contribution in [2.24, 2.45) is 0 Å². The van der Waals surface area contributed by atoms with E-state index in [2.05, 4.69) is 173 Å². The van der Waals surface area contributed by atoms with Crippen molar-refractivity contribution in [3.05, 3.63) is 175 Å². The third-order valence-corrected chi connectivity index (χ3v) is 9.65. The normalized spacial score (nSPS) is 14.7. The lowest BCUT2D eigenvalue weighted by atomic mass is 9.84. The Bertz CT molecular complexity index is 2280. The average Bonchev–Trinajstić information content (AvgIpc) is 3.46. The fourth-order valence-corrected chi connectivity index (χ4v) is 7.60. The zero-order valence-electron chi connectivity index (χ0n) is 25.0. The topological polar surface area (TPSA) is 8.17 Å². The summed E-state index contributed by atoms with van der Waals surface area (Å²) >= 11 is 0. The molecule has 0 aliphatic carbocycles. The molecule has 0 fully saturated rings. The maximum atomic E-state index is 2.53. The van der Waals surface area contributed by atoms with Gasteiger partial charge in [0.15, 0.2) is 0 Å². The zero-order chi connectivity index (χ0) is 29.7. The highest BCUT2D eigenvalue weighted by atomic mass is 15.1. The van der Waals surface area contributed by atoms with Gasteiger partial charge in [-0.05, 0) is 70.5 Å². The zero-order valence-corrected chi connectivity index (χ0v) is 25.0. The van der Waals surface area contributed by atoms with E-state index in [4.69, 9.17) is 0 Å². The molecule has 9 rings (SSSR count). The molecular formula is C43H32N2. The molecule has 1 atom stereocenters. The summed E-state index contributed by atoms with van der Waals surface area (Å²) in [4.78, 5) is 2.53. The van der Waals surface area contributed by atoms with Crippen LogP contribution in [0, 0.1) is 0 Å². The summed E-state index contributed by atoms with van der Waals surface area (Å²) in [6.45, 7) is 0.980. The molecule has 7 aromatic carbocycles. The van der Waals surface area contributed by atoms with Gasteiger partial charge in [-0.3, -0.25) is 0 Å². The van der Waals surface area contributed by atoms with E-state index in [1.54, 1.807) is 0 Å². The third kappa shape index (κ3) is 4.17. The van der Waals surface area contributed by atoms with Gasteiger partial charge >= 0.3 is 0 Å². The minimum atomic E-state index is 0.414. The molecule has 1 aliphatic heterocycles. The number of benzene rings is 7. The molecule has 1 aromatic heterocycles. The van der Waals surface area contributed by atoms with Gasteiger partial charge in [-0.2, -0.15) is 0 Å². The lowest BCUT2D eigenvalue weighted by Gasteiger charge is -2.37. The molecule has 0 amide bonds. The molecule has 45 heavy (non-hydrogen) atoms. The van der Waals surface area contributed by atoms with Gasteiger partial charge in [0.2, 0.25) is 0 Å². The lowest BCUT2D eigenvalue weighted by Crippen LogP contribution is -2.27. The second kappa shape index (κ2) is 10.5. The van der Waals surface area contributed by atoms with E-state index in [0.29, 0.717) is 5.92 Å². The molecule has 0 bridgehead atoms. The van der Waals surface area contributed by atoms with Crippen molar-refractivity contribution >= 4 is 44.0 Å². The van der Waals surface area contributed by atoms with E-state index in [0.717, 1.165) is 13.0 Å². The Morgan fingerprint density at radius 3 is 1.78 bits per heavy atom. The predicted octanol–water partition coefficient (Wildman–Crippen LogP) is 11.3. The molecule has 0 saturated heterocycles. The fraction of sp³-hybridized carbons (Fsp3) is 0.0698. The first-order valence-electron chi connectivity index (χ1n) is 15.9. The van der Waals surface area contributed by atoms with Gasteiger partial charge in [0.25, 0.3) is 0 Å². The molecule has 2 heteroatoms. The van der Waals surface area contributed by atoms with Crippen molar-refractivity contribution < 1.29 is 0 Å². The van der Waals surface area contributed by atoms with E-state index < -0.39 is 0 Å². The molecule has 0 saturated carbocycles. The molecular weight excluding hydrogens is 544 g/mol. The molecule has 0 N–H and O–H groups in total. The van der Waals surface area contributed by atoms with Crippen molar-refractivity contribution in [3.63, 3.8) is 0 Å². The van der Waals surface area contributed by atoms with Gasteiger partial charge in [-0.15, -0.1) is 0 Å². The van der Waals surface area contributed by atoms with Crippen molar-refractivity contribution in [1.82, 2.24) is 4.57 Å².